The van der Waals surface area contributed by atoms with E-state index in [-0.39, 0.29) is 5.38 Å². The molecule has 90 valence electrons. The minimum absolute atomic E-state index is 0.272. The van der Waals surface area contributed by atoms with E-state index in [1.807, 2.05) is 30.3 Å². The third-order valence-corrected chi connectivity index (χ3v) is 2.96. The topological polar surface area (TPSA) is 38.9 Å². The minimum Gasteiger partial charge on any atom is -0.419 e. The maximum atomic E-state index is 5.90. The Morgan fingerprint density at radius 1 is 1.06 bits per heavy atom. The maximum absolute atomic E-state index is 5.90. The van der Waals surface area contributed by atoms with Crippen LogP contribution in [0.15, 0.2) is 46.9 Å². The molecule has 0 radical (unpaired) electrons. The van der Waals surface area contributed by atoms with Gasteiger partial charge in [0.2, 0.25) is 11.8 Å². The van der Waals surface area contributed by atoms with Crippen LogP contribution in [0.25, 0.3) is 22.2 Å². The molecule has 4 heteroatoms. The van der Waals surface area contributed by atoms with Crippen LogP contribution in [0.3, 0.4) is 0 Å². The molecule has 3 nitrogen and oxygen atoms in total. The molecule has 1 heterocycles. The second-order valence-electron chi connectivity index (χ2n) is 4.12. The lowest BCUT2D eigenvalue weighted by atomic mass is 10.1. The summed E-state index contributed by atoms with van der Waals surface area (Å²) >= 11 is 5.90. The van der Waals surface area contributed by atoms with Crippen LogP contribution in [0.4, 0.5) is 0 Å². The average Bonchev–Trinajstić information content (AvgIpc) is 2.88. The zero-order chi connectivity index (χ0) is 12.5. The van der Waals surface area contributed by atoms with E-state index < -0.39 is 0 Å². The van der Waals surface area contributed by atoms with Crippen molar-refractivity contribution in [2.45, 2.75) is 12.3 Å². The first kappa shape index (κ1) is 11.2. The van der Waals surface area contributed by atoms with Gasteiger partial charge in [-0.1, -0.05) is 30.3 Å². The predicted molar refractivity (Wildman–Crippen MR) is 71.5 cm³/mol. The van der Waals surface area contributed by atoms with Gasteiger partial charge in [0.25, 0.3) is 0 Å². The molecular formula is C14H11ClN2O. The number of rotatable bonds is 2. The number of nitrogens with zero attached hydrogens (tertiary/aromatic N) is 2. The first-order chi connectivity index (χ1) is 8.74. The maximum Gasteiger partial charge on any atom is 0.247 e. The molecule has 0 saturated heterocycles. The Labute approximate surface area is 109 Å². The van der Waals surface area contributed by atoms with Gasteiger partial charge in [-0.3, -0.25) is 0 Å². The predicted octanol–water partition coefficient (Wildman–Crippen LogP) is 4.19. The minimum atomic E-state index is -0.272. The molecule has 3 rings (SSSR count). The molecule has 1 atom stereocenters. The van der Waals surface area contributed by atoms with Crippen LogP contribution in [0, 0.1) is 0 Å². The number of fused-ring (bicyclic) bond motifs is 1. The van der Waals surface area contributed by atoms with Gasteiger partial charge in [-0.2, -0.15) is 0 Å². The highest BCUT2D eigenvalue weighted by atomic mass is 35.5. The van der Waals surface area contributed by atoms with Crippen molar-refractivity contribution in [3.63, 3.8) is 0 Å². The van der Waals surface area contributed by atoms with Crippen LogP contribution in [0.5, 0.6) is 0 Å². The molecule has 3 aromatic rings. The van der Waals surface area contributed by atoms with Crippen molar-refractivity contribution >= 4 is 22.4 Å². The van der Waals surface area contributed by atoms with Gasteiger partial charge in [0.15, 0.2) is 0 Å². The van der Waals surface area contributed by atoms with E-state index in [2.05, 4.69) is 22.3 Å². The molecule has 0 aliphatic heterocycles. The summed E-state index contributed by atoms with van der Waals surface area (Å²) in [6.45, 7) is 1.80. The standard InChI is InChI=1S/C14H11ClN2O/c1-9(15)13-16-17-14(18-13)12-7-6-10-4-2-3-5-11(10)8-12/h2-9H,1H3/t9-/m1/s1. The van der Waals surface area contributed by atoms with Crippen LogP contribution in [0.1, 0.15) is 18.2 Å². The molecule has 2 aromatic carbocycles. The number of aromatic nitrogens is 2. The summed E-state index contributed by atoms with van der Waals surface area (Å²) in [5, 5.41) is 10.00. The van der Waals surface area contributed by atoms with Crippen molar-refractivity contribution < 1.29 is 4.42 Å². The monoisotopic (exact) mass is 258 g/mol. The molecule has 0 N–H and O–H groups in total. The van der Waals surface area contributed by atoms with E-state index in [1.165, 1.54) is 5.39 Å². The van der Waals surface area contributed by atoms with E-state index in [0.717, 1.165) is 10.9 Å². The van der Waals surface area contributed by atoms with Gasteiger partial charge in [0.05, 0.1) is 0 Å². The van der Waals surface area contributed by atoms with Crippen LogP contribution in [-0.2, 0) is 0 Å². The highest BCUT2D eigenvalue weighted by molar-refractivity contribution is 6.20. The highest BCUT2D eigenvalue weighted by Crippen LogP contribution is 2.26. The zero-order valence-electron chi connectivity index (χ0n) is 9.80. The number of hydrogen-bond acceptors (Lipinski definition) is 3. The number of halogens is 1. The fraction of sp³-hybridized carbons (Fsp3) is 0.143. The van der Waals surface area contributed by atoms with Gasteiger partial charge < -0.3 is 4.42 Å². The van der Waals surface area contributed by atoms with Crippen LogP contribution in [-0.4, -0.2) is 10.2 Å². The third-order valence-electron chi connectivity index (χ3n) is 2.78. The first-order valence-corrected chi connectivity index (χ1v) is 6.14. The zero-order valence-corrected chi connectivity index (χ0v) is 10.6. The first-order valence-electron chi connectivity index (χ1n) is 5.71. The number of hydrogen-bond donors (Lipinski definition) is 0. The summed E-state index contributed by atoms with van der Waals surface area (Å²) in [4.78, 5) is 0. The molecule has 0 aliphatic carbocycles. The van der Waals surface area contributed by atoms with Gasteiger partial charge >= 0.3 is 0 Å². The fourth-order valence-electron chi connectivity index (χ4n) is 1.83. The average molecular weight is 259 g/mol. The Hall–Kier alpha value is -1.87. The van der Waals surface area contributed by atoms with Gasteiger partial charge in [0, 0.05) is 5.56 Å². The molecular weight excluding hydrogens is 248 g/mol. The molecule has 0 unspecified atom stereocenters. The van der Waals surface area contributed by atoms with E-state index >= 15 is 0 Å². The molecule has 1 aromatic heterocycles. The van der Waals surface area contributed by atoms with Crippen LogP contribution >= 0.6 is 11.6 Å². The van der Waals surface area contributed by atoms with Crippen molar-refractivity contribution in [1.29, 1.82) is 0 Å². The van der Waals surface area contributed by atoms with Crippen molar-refractivity contribution in [3.05, 3.63) is 48.4 Å². The second-order valence-corrected chi connectivity index (χ2v) is 4.78. The normalized spacial score (nSPS) is 12.8. The molecule has 0 saturated carbocycles. The summed E-state index contributed by atoms with van der Waals surface area (Å²) in [7, 11) is 0. The van der Waals surface area contributed by atoms with Crippen LogP contribution < -0.4 is 0 Å². The molecule has 0 aliphatic rings. The van der Waals surface area contributed by atoms with Crippen molar-refractivity contribution in [1.82, 2.24) is 10.2 Å². The van der Waals surface area contributed by atoms with E-state index in [0.29, 0.717) is 11.8 Å². The summed E-state index contributed by atoms with van der Waals surface area (Å²) in [6, 6.07) is 14.2. The molecule has 0 spiro atoms. The summed E-state index contributed by atoms with van der Waals surface area (Å²) in [6.07, 6.45) is 0. The van der Waals surface area contributed by atoms with Gasteiger partial charge in [0.1, 0.15) is 5.38 Å². The lowest BCUT2D eigenvalue weighted by molar-refractivity contribution is 0.507. The van der Waals surface area contributed by atoms with Gasteiger partial charge in [-0.25, -0.2) is 0 Å². The van der Waals surface area contributed by atoms with E-state index in [9.17, 15) is 0 Å². The Balaban J connectivity index is 2.07. The van der Waals surface area contributed by atoms with E-state index in [1.54, 1.807) is 6.92 Å². The Kier molecular flexibility index (Phi) is 2.76. The second kappa shape index (κ2) is 4.42. The number of alkyl halides is 1. The lowest BCUT2D eigenvalue weighted by Crippen LogP contribution is -1.81. The highest BCUT2D eigenvalue weighted by Gasteiger charge is 2.12. The molecule has 0 amide bonds. The van der Waals surface area contributed by atoms with Crippen molar-refractivity contribution in [2.24, 2.45) is 0 Å². The molecule has 0 fully saturated rings. The number of benzene rings is 2. The fourth-order valence-corrected chi connectivity index (χ4v) is 1.92. The quantitative estimate of drug-likeness (QED) is 0.647. The van der Waals surface area contributed by atoms with Crippen LogP contribution in [0.2, 0.25) is 0 Å². The summed E-state index contributed by atoms with van der Waals surface area (Å²) < 4.78 is 5.53. The molecule has 0 bridgehead atoms. The Morgan fingerprint density at radius 3 is 2.56 bits per heavy atom. The summed E-state index contributed by atoms with van der Waals surface area (Å²) in [5.41, 5.74) is 0.907. The van der Waals surface area contributed by atoms with Crippen molar-refractivity contribution in [3.8, 4) is 11.5 Å². The van der Waals surface area contributed by atoms with E-state index in [4.69, 9.17) is 16.0 Å². The van der Waals surface area contributed by atoms with Crippen molar-refractivity contribution in [2.75, 3.05) is 0 Å². The SMILES string of the molecule is C[C@@H](Cl)c1nnc(-c2ccc3ccccc3c2)o1. The third kappa shape index (κ3) is 1.97. The molecule has 18 heavy (non-hydrogen) atoms. The lowest BCUT2D eigenvalue weighted by Gasteiger charge is -1.99. The summed E-state index contributed by atoms with van der Waals surface area (Å²) in [5.74, 6) is 0.947. The smallest absolute Gasteiger partial charge is 0.247 e. The largest absolute Gasteiger partial charge is 0.419 e. The Bertz CT molecular complexity index is 691. The van der Waals surface area contributed by atoms with Gasteiger partial charge in [-0.05, 0) is 29.8 Å². The van der Waals surface area contributed by atoms with Gasteiger partial charge in [-0.15, -0.1) is 21.8 Å². The Morgan fingerprint density at radius 2 is 1.83 bits per heavy atom.